The lowest BCUT2D eigenvalue weighted by Gasteiger charge is -2.43. The molecule has 0 bridgehead atoms. The molecule has 118 valence electrons. The van der Waals surface area contributed by atoms with E-state index in [2.05, 4.69) is 19.0 Å². The van der Waals surface area contributed by atoms with Gasteiger partial charge in [0.25, 0.3) is 0 Å². The molecule has 1 aliphatic rings. The van der Waals surface area contributed by atoms with Gasteiger partial charge < -0.3 is 14.7 Å². The van der Waals surface area contributed by atoms with Crippen molar-refractivity contribution in [2.75, 3.05) is 20.7 Å². The SMILES string of the molecule is CCOc1cccc(C(O)C2(N(C)C)CCCCCC2)c1. The van der Waals surface area contributed by atoms with Gasteiger partial charge in [-0.25, -0.2) is 0 Å². The summed E-state index contributed by atoms with van der Waals surface area (Å²) in [5.74, 6) is 0.844. The number of benzene rings is 1. The van der Waals surface area contributed by atoms with Gasteiger partial charge in [-0.1, -0.05) is 37.8 Å². The standard InChI is InChI=1S/C18H29NO2/c1-4-21-16-11-9-10-15(14-16)17(20)18(19(2)3)12-7-5-6-8-13-18/h9-11,14,17,20H,4-8,12-13H2,1-3H3. The number of nitrogens with zero attached hydrogens (tertiary/aromatic N) is 1. The van der Waals surface area contributed by atoms with Crippen molar-refractivity contribution in [1.82, 2.24) is 4.90 Å². The van der Waals surface area contributed by atoms with Crippen molar-refractivity contribution in [3.8, 4) is 5.75 Å². The molecule has 1 atom stereocenters. The Bertz CT molecular complexity index is 437. The fourth-order valence-electron chi connectivity index (χ4n) is 3.56. The molecule has 1 fully saturated rings. The van der Waals surface area contributed by atoms with Crippen LogP contribution in [-0.4, -0.2) is 36.2 Å². The minimum Gasteiger partial charge on any atom is -0.494 e. The van der Waals surface area contributed by atoms with Gasteiger partial charge >= 0.3 is 0 Å². The largest absolute Gasteiger partial charge is 0.494 e. The van der Waals surface area contributed by atoms with Gasteiger partial charge in [0.2, 0.25) is 0 Å². The highest BCUT2D eigenvalue weighted by Crippen LogP contribution is 2.41. The maximum Gasteiger partial charge on any atom is 0.119 e. The van der Waals surface area contributed by atoms with Crippen LogP contribution in [0, 0.1) is 0 Å². The van der Waals surface area contributed by atoms with Gasteiger partial charge in [0, 0.05) is 0 Å². The highest BCUT2D eigenvalue weighted by molar-refractivity contribution is 5.31. The van der Waals surface area contributed by atoms with E-state index in [1.165, 1.54) is 25.7 Å². The minimum atomic E-state index is -0.467. The van der Waals surface area contributed by atoms with E-state index in [0.717, 1.165) is 24.2 Å². The molecule has 0 spiro atoms. The fourth-order valence-corrected chi connectivity index (χ4v) is 3.56. The molecular weight excluding hydrogens is 262 g/mol. The number of hydrogen-bond donors (Lipinski definition) is 1. The number of aliphatic hydroxyl groups excluding tert-OH is 1. The van der Waals surface area contributed by atoms with Crippen LogP contribution < -0.4 is 4.74 Å². The first-order chi connectivity index (χ1) is 10.1. The zero-order chi connectivity index (χ0) is 15.3. The molecule has 1 saturated carbocycles. The quantitative estimate of drug-likeness (QED) is 0.838. The molecular formula is C18H29NO2. The van der Waals surface area contributed by atoms with Gasteiger partial charge in [0.1, 0.15) is 5.75 Å². The van der Waals surface area contributed by atoms with Crippen molar-refractivity contribution < 1.29 is 9.84 Å². The Morgan fingerprint density at radius 3 is 2.43 bits per heavy atom. The summed E-state index contributed by atoms with van der Waals surface area (Å²) in [5, 5.41) is 11.1. The van der Waals surface area contributed by atoms with Crippen LogP contribution in [0.5, 0.6) is 5.75 Å². The zero-order valence-electron chi connectivity index (χ0n) is 13.6. The van der Waals surface area contributed by atoms with E-state index in [4.69, 9.17) is 4.74 Å². The van der Waals surface area contributed by atoms with E-state index in [9.17, 15) is 5.11 Å². The fraction of sp³-hybridized carbons (Fsp3) is 0.667. The van der Waals surface area contributed by atoms with Crippen LogP contribution in [0.3, 0.4) is 0 Å². The summed E-state index contributed by atoms with van der Waals surface area (Å²) in [6, 6.07) is 7.94. The molecule has 3 heteroatoms. The molecule has 0 aliphatic heterocycles. The Morgan fingerprint density at radius 1 is 1.19 bits per heavy atom. The average molecular weight is 291 g/mol. The van der Waals surface area contributed by atoms with Crippen LogP contribution in [0.1, 0.15) is 57.1 Å². The van der Waals surface area contributed by atoms with Crippen LogP contribution in [0.15, 0.2) is 24.3 Å². The molecule has 1 N–H and O–H groups in total. The van der Waals surface area contributed by atoms with Crippen molar-refractivity contribution in [2.24, 2.45) is 0 Å². The Kier molecular flexibility index (Phi) is 5.65. The highest BCUT2D eigenvalue weighted by atomic mass is 16.5. The monoisotopic (exact) mass is 291 g/mol. The van der Waals surface area contributed by atoms with Crippen LogP contribution >= 0.6 is 0 Å². The van der Waals surface area contributed by atoms with E-state index in [1.54, 1.807) is 0 Å². The Balaban J connectivity index is 2.29. The summed E-state index contributed by atoms with van der Waals surface area (Å²) in [4.78, 5) is 2.23. The number of hydrogen-bond acceptors (Lipinski definition) is 3. The molecule has 0 radical (unpaired) electrons. The first-order valence-corrected chi connectivity index (χ1v) is 8.18. The molecule has 0 heterocycles. The maximum atomic E-state index is 11.1. The van der Waals surface area contributed by atoms with Crippen LogP contribution in [0.25, 0.3) is 0 Å². The molecule has 0 amide bonds. The number of aliphatic hydroxyl groups is 1. The lowest BCUT2D eigenvalue weighted by molar-refractivity contribution is -0.0199. The van der Waals surface area contributed by atoms with Crippen molar-refractivity contribution >= 4 is 0 Å². The summed E-state index contributed by atoms with van der Waals surface area (Å²) >= 11 is 0. The molecule has 2 rings (SSSR count). The first kappa shape index (κ1) is 16.3. The summed E-state index contributed by atoms with van der Waals surface area (Å²) in [6.45, 7) is 2.63. The Hall–Kier alpha value is -1.06. The first-order valence-electron chi connectivity index (χ1n) is 8.18. The second-order valence-electron chi connectivity index (χ2n) is 6.32. The summed E-state index contributed by atoms with van der Waals surface area (Å²) in [7, 11) is 4.20. The van der Waals surface area contributed by atoms with Crippen LogP contribution in [0.4, 0.5) is 0 Å². The number of rotatable bonds is 5. The molecule has 1 aromatic carbocycles. The summed E-state index contributed by atoms with van der Waals surface area (Å²) < 4.78 is 5.58. The molecule has 0 saturated heterocycles. The van der Waals surface area contributed by atoms with Crippen molar-refractivity contribution in [1.29, 1.82) is 0 Å². The van der Waals surface area contributed by atoms with Gasteiger partial charge in [-0.3, -0.25) is 0 Å². The van der Waals surface area contributed by atoms with E-state index in [1.807, 2.05) is 31.2 Å². The van der Waals surface area contributed by atoms with Gasteiger partial charge in [-0.05, 0) is 51.6 Å². The van der Waals surface area contributed by atoms with E-state index in [0.29, 0.717) is 6.61 Å². The highest BCUT2D eigenvalue weighted by Gasteiger charge is 2.40. The van der Waals surface area contributed by atoms with Gasteiger partial charge in [0.15, 0.2) is 0 Å². The molecule has 1 aliphatic carbocycles. The van der Waals surface area contributed by atoms with E-state index >= 15 is 0 Å². The molecule has 3 nitrogen and oxygen atoms in total. The van der Waals surface area contributed by atoms with Gasteiger partial charge in [-0.15, -0.1) is 0 Å². The van der Waals surface area contributed by atoms with Crippen molar-refractivity contribution in [2.45, 2.75) is 57.1 Å². The van der Waals surface area contributed by atoms with Gasteiger partial charge in [0.05, 0.1) is 18.2 Å². The molecule has 21 heavy (non-hydrogen) atoms. The van der Waals surface area contributed by atoms with E-state index in [-0.39, 0.29) is 5.54 Å². The zero-order valence-corrected chi connectivity index (χ0v) is 13.6. The third-order valence-electron chi connectivity index (χ3n) is 4.85. The van der Waals surface area contributed by atoms with Crippen molar-refractivity contribution in [3.05, 3.63) is 29.8 Å². The topological polar surface area (TPSA) is 32.7 Å². The predicted molar refractivity (Wildman–Crippen MR) is 86.7 cm³/mol. The maximum absolute atomic E-state index is 11.1. The summed E-state index contributed by atoms with van der Waals surface area (Å²) in [5.41, 5.74) is 0.818. The number of likely N-dealkylation sites (N-methyl/N-ethyl adjacent to an activating group) is 1. The third-order valence-corrected chi connectivity index (χ3v) is 4.85. The van der Waals surface area contributed by atoms with Crippen LogP contribution in [0.2, 0.25) is 0 Å². The van der Waals surface area contributed by atoms with Gasteiger partial charge in [-0.2, -0.15) is 0 Å². The van der Waals surface area contributed by atoms with Crippen molar-refractivity contribution in [3.63, 3.8) is 0 Å². The minimum absolute atomic E-state index is 0.151. The second-order valence-corrected chi connectivity index (χ2v) is 6.32. The Labute approximate surface area is 128 Å². The molecule has 0 aromatic heterocycles. The smallest absolute Gasteiger partial charge is 0.119 e. The lowest BCUT2D eigenvalue weighted by atomic mass is 9.80. The average Bonchev–Trinajstić information content (AvgIpc) is 2.74. The second kappa shape index (κ2) is 7.28. The lowest BCUT2D eigenvalue weighted by Crippen LogP contribution is -2.49. The Morgan fingerprint density at radius 2 is 1.86 bits per heavy atom. The molecule has 1 unspecified atom stereocenters. The normalized spacial score (nSPS) is 20.0. The summed E-state index contributed by atoms with van der Waals surface area (Å²) in [6.07, 6.45) is 6.59. The predicted octanol–water partition coefficient (Wildman–Crippen LogP) is 3.77. The third kappa shape index (κ3) is 3.58. The molecule has 1 aromatic rings. The van der Waals surface area contributed by atoms with Crippen LogP contribution in [-0.2, 0) is 0 Å². The number of ether oxygens (including phenoxy) is 1. The van der Waals surface area contributed by atoms with E-state index < -0.39 is 6.10 Å².